The number of halogens is 1. The van der Waals surface area contributed by atoms with Crippen LogP contribution in [0.15, 0.2) is 47.4 Å². The van der Waals surface area contributed by atoms with E-state index >= 15 is 0 Å². The van der Waals surface area contributed by atoms with E-state index in [9.17, 15) is 18.5 Å². The molecule has 0 aliphatic carbocycles. The standard InChI is InChI=1S/C13H11ClN2O4S/c1-9-2-5-11(6-3-9)21(19,20)15-10-4-7-12(14)13(8-10)16(17)18/h2-8,15H,1H3. The van der Waals surface area contributed by atoms with Gasteiger partial charge in [-0.2, -0.15) is 0 Å². The summed E-state index contributed by atoms with van der Waals surface area (Å²) in [6.45, 7) is 1.84. The first kappa shape index (κ1) is 15.3. The Hall–Kier alpha value is -2.12. The highest BCUT2D eigenvalue weighted by Gasteiger charge is 2.17. The normalized spacial score (nSPS) is 11.1. The number of nitrogens with zero attached hydrogens (tertiary/aromatic N) is 1. The third kappa shape index (κ3) is 3.50. The molecule has 2 aromatic rings. The number of rotatable bonds is 4. The summed E-state index contributed by atoms with van der Waals surface area (Å²) < 4.78 is 26.6. The Kier molecular flexibility index (Phi) is 4.15. The summed E-state index contributed by atoms with van der Waals surface area (Å²) in [5.41, 5.74) is 0.642. The Morgan fingerprint density at radius 1 is 1.14 bits per heavy atom. The predicted octanol–water partition coefficient (Wildman–Crippen LogP) is 3.36. The van der Waals surface area contributed by atoms with Gasteiger partial charge in [0, 0.05) is 6.07 Å². The van der Waals surface area contributed by atoms with E-state index in [1.54, 1.807) is 12.1 Å². The summed E-state index contributed by atoms with van der Waals surface area (Å²) >= 11 is 5.68. The molecule has 0 spiro atoms. The monoisotopic (exact) mass is 326 g/mol. The molecule has 0 atom stereocenters. The van der Waals surface area contributed by atoms with Crippen LogP contribution in [0.2, 0.25) is 5.02 Å². The molecule has 2 rings (SSSR count). The lowest BCUT2D eigenvalue weighted by Gasteiger charge is -2.08. The summed E-state index contributed by atoms with van der Waals surface area (Å²) in [6, 6.07) is 9.96. The fourth-order valence-corrected chi connectivity index (χ4v) is 2.88. The number of sulfonamides is 1. The van der Waals surface area contributed by atoms with Crippen LogP contribution in [0.1, 0.15) is 5.56 Å². The van der Waals surface area contributed by atoms with Gasteiger partial charge in [-0.05, 0) is 31.2 Å². The molecule has 21 heavy (non-hydrogen) atoms. The van der Waals surface area contributed by atoms with Crippen LogP contribution >= 0.6 is 11.6 Å². The topological polar surface area (TPSA) is 89.3 Å². The lowest BCUT2D eigenvalue weighted by atomic mass is 10.2. The maximum atomic E-state index is 12.2. The van der Waals surface area contributed by atoms with Gasteiger partial charge in [-0.1, -0.05) is 29.3 Å². The minimum atomic E-state index is -3.80. The number of benzene rings is 2. The van der Waals surface area contributed by atoms with Gasteiger partial charge < -0.3 is 0 Å². The van der Waals surface area contributed by atoms with Crippen molar-refractivity contribution in [2.45, 2.75) is 11.8 Å². The van der Waals surface area contributed by atoms with Gasteiger partial charge in [0.05, 0.1) is 15.5 Å². The third-order valence-corrected chi connectivity index (χ3v) is 4.44. The van der Waals surface area contributed by atoms with Crippen molar-refractivity contribution in [3.05, 3.63) is 63.2 Å². The lowest BCUT2D eigenvalue weighted by Crippen LogP contribution is -2.13. The number of anilines is 1. The molecule has 0 aromatic heterocycles. The molecule has 110 valence electrons. The van der Waals surface area contributed by atoms with E-state index in [1.807, 2.05) is 6.92 Å². The highest BCUT2D eigenvalue weighted by atomic mass is 35.5. The SMILES string of the molecule is Cc1ccc(S(=O)(=O)Nc2ccc(Cl)c([N+](=O)[O-])c2)cc1. The largest absolute Gasteiger partial charge is 0.289 e. The molecule has 0 aliphatic rings. The Morgan fingerprint density at radius 2 is 1.76 bits per heavy atom. The van der Waals surface area contributed by atoms with Gasteiger partial charge in [0.2, 0.25) is 0 Å². The fourth-order valence-electron chi connectivity index (χ4n) is 1.65. The van der Waals surface area contributed by atoms with E-state index in [0.29, 0.717) is 0 Å². The second-order valence-electron chi connectivity index (χ2n) is 4.34. The van der Waals surface area contributed by atoms with Crippen LogP contribution in [0.4, 0.5) is 11.4 Å². The number of hydrogen-bond donors (Lipinski definition) is 1. The van der Waals surface area contributed by atoms with Crippen LogP contribution in [0.3, 0.4) is 0 Å². The first-order chi connectivity index (χ1) is 9.79. The number of nitrogens with one attached hydrogen (secondary N) is 1. The minimum absolute atomic E-state index is 0.0571. The van der Waals surface area contributed by atoms with Crippen LogP contribution in [-0.4, -0.2) is 13.3 Å². The zero-order valence-electron chi connectivity index (χ0n) is 10.9. The third-order valence-electron chi connectivity index (χ3n) is 2.73. The molecule has 0 saturated carbocycles. The Labute approximate surface area is 126 Å². The first-order valence-electron chi connectivity index (χ1n) is 5.83. The zero-order chi connectivity index (χ0) is 15.6. The molecular weight excluding hydrogens is 316 g/mol. The summed E-state index contributed by atoms with van der Waals surface area (Å²) in [4.78, 5) is 10.2. The fraction of sp³-hybridized carbons (Fsp3) is 0.0769. The molecule has 0 radical (unpaired) electrons. The van der Waals surface area contributed by atoms with Crippen LogP contribution in [0, 0.1) is 17.0 Å². The number of hydrogen-bond acceptors (Lipinski definition) is 4. The van der Waals surface area contributed by atoms with Crippen molar-refractivity contribution >= 4 is 33.0 Å². The maximum Gasteiger partial charge on any atom is 0.289 e. The van der Waals surface area contributed by atoms with Crippen molar-refractivity contribution in [2.24, 2.45) is 0 Å². The molecule has 0 aliphatic heterocycles. The number of aryl methyl sites for hydroxylation is 1. The highest BCUT2D eigenvalue weighted by molar-refractivity contribution is 7.92. The van der Waals surface area contributed by atoms with Crippen molar-refractivity contribution in [2.75, 3.05) is 4.72 Å². The molecule has 1 N–H and O–H groups in total. The predicted molar refractivity (Wildman–Crippen MR) is 80.1 cm³/mol. The number of nitro benzene ring substituents is 1. The number of nitro groups is 1. The van der Waals surface area contributed by atoms with Crippen molar-refractivity contribution in [1.82, 2.24) is 0 Å². The molecule has 2 aromatic carbocycles. The van der Waals surface area contributed by atoms with Gasteiger partial charge in [-0.3, -0.25) is 14.8 Å². The molecule has 0 fully saturated rings. The molecule has 6 nitrogen and oxygen atoms in total. The van der Waals surface area contributed by atoms with Gasteiger partial charge in [0.25, 0.3) is 15.7 Å². The van der Waals surface area contributed by atoms with Crippen molar-refractivity contribution in [3.8, 4) is 0 Å². The van der Waals surface area contributed by atoms with E-state index in [4.69, 9.17) is 11.6 Å². The summed E-state index contributed by atoms with van der Waals surface area (Å²) in [5, 5.41) is 10.7. The van der Waals surface area contributed by atoms with Gasteiger partial charge in [0.15, 0.2) is 0 Å². The molecular formula is C13H11ClN2O4S. The van der Waals surface area contributed by atoms with E-state index in [0.717, 1.165) is 11.6 Å². The van der Waals surface area contributed by atoms with Gasteiger partial charge >= 0.3 is 0 Å². The zero-order valence-corrected chi connectivity index (χ0v) is 12.5. The first-order valence-corrected chi connectivity index (χ1v) is 7.69. The van der Waals surface area contributed by atoms with Gasteiger partial charge in [0.1, 0.15) is 5.02 Å². The van der Waals surface area contributed by atoms with E-state index < -0.39 is 14.9 Å². The highest BCUT2D eigenvalue weighted by Crippen LogP contribution is 2.28. The summed E-state index contributed by atoms with van der Waals surface area (Å²) in [6.07, 6.45) is 0. The Morgan fingerprint density at radius 3 is 2.33 bits per heavy atom. The van der Waals surface area contributed by atoms with Gasteiger partial charge in [-0.15, -0.1) is 0 Å². The average molecular weight is 327 g/mol. The van der Waals surface area contributed by atoms with E-state index in [-0.39, 0.29) is 21.3 Å². The second-order valence-corrected chi connectivity index (χ2v) is 6.43. The molecule has 0 saturated heterocycles. The summed E-state index contributed by atoms with van der Waals surface area (Å²) in [7, 11) is -3.80. The molecule has 8 heteroatoms. The summed E-state index contributed by atoms with van der Waals surface area (Å²) in [5.74, 6) is 0. The van der Waals surface area contributed by atoms with Crippen LogP contribution < -0.4 is 4.72 Å². The maximum absolute atomic E-state index is 12.2. The van der Waals surface area contributed by atoms with E-state index in [2.05, 4.69) is 4.72 Å². The molecule has 0 heterocycles. The van der Waals surface area contributed by atoms with Crippen molar-refractivity contribution in [3.63, 3.8) is 0 Å². The minimum Gasteiger partial charge on any atom is -0.279 e. The Bertz CT molecular complexity index is 788. The van der Waals surface area contributed by atoms with Crippen LogP contribution in [0.5, 0.6) is 0 Å². The molecule has 0 bridgehead atoms. The molecule has 0 unspecified atom stereocenters. The van der Waals surface area contributed by atoms with Crippen LogP contribution in [0.25, 0.3) is 0 Å². The van der Waals surface area contributed by atoms with E-state index in [1.165, 1.54) is 24.3 Å². The smallest absolute Gasteiger partial charge is 0.279 e. The van der Waals surface area contributed by atoms with Gasteiger partial charge in [-0.25, -0.2) is 8.42 Å². The lowest BCUT2D eigenvalue weighted by molar-refractivity contribution is -0.384. The average Bonchev–Trinajstić information content (AvgIpc) is 2.41. The Balaban J connectivity index is 2.35. The van der Waals surface area contributed by atoms with Crippen molar-refractivity contribution in [1.29, 1.82) is 0 Å². The molecule has 0 amide bonds. The second kappa shape index (κ2) is 5.71. The quantitative estimate of drug-likeness (QED) is 0.689. The van der Waals surface area contributed by atoms with Crippen LogP contribution in [-0.2, 0) is 10.0 Å². The van der Waals surface area contributed by atoms with Crippen molar-refractivity contribution < 1.29 is 13.3 Å².